The molecule has 1 aliphatic rings. The number of nitrogens with zero attached hydrogens (tertiary/aromatic N) is 2. The van der Waals surface area contributed by atoms with Gasteiger partial charge in [0.2, 0.25) is 10.0 Å². The Kier molecular flexibility index (Phi) is 7.86. The molecule has 3 rings (SSSR count). The van der Waals surface area contributed by atoms with Crippen LogP contribution >= 0.6 is 0 Å². The van der Waals surface area contributed by atoms with E-state index in [2.05, 4.69) is 24.1 Å². The molecule has 1 aliphatic heterocycles. The highest BCUT2D eigenvalue weighted by atomic mass is 32.2. The van der Waals surface area contributed by atoms with E-state index < -0.39 is 10.0 Å². The van der Waals surface area contributed by atoms with Crippen LogP contribution in [0, 0.1) is 5.92 Å². The van der Waals surface area contributed by atoms with Crippen LogP contribution in [0.1, 0.15) is 47.8 Å². The molecular weight excluding hydrogens is 410 g/mol. The van der Waals surface area contributed by atoms with Gasteiger partial charge in [-0.2, -0.15) is 4.31 Å². The SMILES string of the molecule is CC(C)C[C@@H](NC(=O)c1ccc(CS(=O)(=O)N2CCN(C)CC2)cc1)c1ccccc1. The third-order valence-electron chi connectivity index (χ3n) is 5.64. The number of benzene rings is 2. The predicted molar refractivity (Wildman–Crippen MR) is 124 cm³/mol. The van der Waals surface area contributed by atoms with Gasteiger partial charge in [0.15, 0.2) is 0 Å². The Bertz CT molecular complexity index is 951. The van der Waals surface area contributed by atoms with E-state index in [4.69, 9.17) is 0 Å². The number of rotatable bonds is 8. The maximum Gasteiger partial charge on any atom is 0.251 e. The lowest BCUT2D eigenvalue weighted by molar-refractivity contribution is 0.0932. The fraction of sp³-hybridized carbons (Fsp3) is 0.458. The highest BCUT2D eigenvalue weighted by molar-refractivity contribution is 7.88. The average Bonchev–Trinajstić information content (AvgIpc) is 2.74. The molecule has 31 heavy (non-hydrogen) atoms. The Morgan fingerprint density at radius 3 is 2.16 bits per heavy atom. The second kappa shape index (κ2) is 10.4. The summed E-state index contributed by atoms with van der Waals surface area (Å²) in [6.07, 6.45) is 0.844. The van der Waals surface area contributed by atoms with Crippen molar-refractivity contribution in [2.45, 2.75) is 32.1 Å². The minimum absolute atomic E-state index is 0.0431. The zero-order valence-corrected chi connectivity index (χ0v) is 19.4. The molecular formula is C24H33N3O3S. The largest absolute Gasteiger partial charge is 0.345 e. The normalized spacial score (nSPS) is 16.9. The number of hydrogen-bond acceptors (Lipinski definition) is 4. The van der Waals surface area contributed by atoms with Crippen LogP contribution in [0.15, 0.2) is 54.6 Å². The molecule has 0 spiro atoms. The van der Waals surface area contributed by atoms with Gasteiger partial charge >= 0.3 is 0 Å². The molecule has 0 radical (unpaired) electrons. The summed E-state index contributed by atoms with van der Waals surface area (Å²) in [5.41, 5.74) is 2.31. The summed E-state index contributed by atoms with van der Waals surface area (Å²) in [6, 6.07) is 16.8. The molecule has 7 heteroatoms. The van der Waals surface area contributed by atoms with Crippen molar-refractivity contribution < 1.29 is 13.2 Å². The molecule has 0 bridgehead atoms. The summed E-state index contributed by atoms with van der Waals surface area (Å²) in [5.74, 6) is 0.245. The highest BCUT2D eigenvalue weighted by Crippen LogP contribution is 2.22. The second-order valence-corrected chi connectivity index (χ2v) is 10.7. The van der Waals surface area contributed by atoms with Gasteiger partial charge in [-0.1, -0.05) is 56.3 Å². The Hall–Kier alpha value is -2.22. The van der Waals surface area contributed by atoms with Gasteiger partial charge in [0, 0.05) is 31.7 Å². The van der Waals surface area contributed by atoms with Crippen LogP contribution in [0.3, 0.4) is 0 Å². The van der Waals surface area contributed by atoms with Crippen LogP contribution in [0.5, 0.6) is 0 Å². The molecule has 0 aliphatic carbocycles. The Labute approximate surface area is 186 Å². The Morgan fingerprint density at radius 2 is 1.58 bits per heavy atom. The summed E-state index contributed by atoms with van der Waals surface area (Å²) in [5, 5.41) is 3.13. The van der Waals surface area contributed by atoms with Crippen LogP contribution in [0.4, 0.5) is 0 Å². The van der Waals surface area contributed by atoms with Crippen LogP contribution in [-0.2, 0) is 15.8 Å². The maximum atomic E-state index is 12.8. The van der Waals surface area contributed by atoms with E-state index in [1.807, 2.05) is 37.4 Å². The molecule has 0 saturated carbocycles. The minimum atomic E-state index is -3.36. The number of carbonyl (C=O) groups is 1. The monoisotopic (exact) mass is 443 g/mol. The fourth-order valence-corrected chi connectivity index (χ4v) is 5.31. The molecule has 6 nitrogen and oxygen atoms in total. The first kappa shape index (κ1) is 23.4. The van der Waals surface area contributed by atoms with Gasteiger partial charge in [-0.25, -0.2) is 8.42 Å². The van der Waals surface area contributed by atoms with Crippen molar-refractivity contribution in [2.75, 3.05) is 33.2 Å². The molecule has 0 unspecified atom stereocenters. The lowest BCUT2D eigenvalue weighted by Gasteiger charge is -2.31. The number of carbonyl (C=O) groups excluding carboxylic acids is 1. The zero-order valence-electron chi connectivity index (χ0n) is 18.6. The van der Waals surface area contributed by atoms with E-state index >= 15 is 0 Å². The van der Waals surface area contributed by atoms with Crippen LogP contribution < -0.4 is 5.32 Å². The Balaban J connectivity index is 1.65. The fourth-order valence-electron chi connectivity index (χ4n) is 3.80. The van der Waals surface area contributed by atoms with Gasteiger partial charge in [0.1, 0.15) is 0 Å². The van der Waals surface area contributed by atoms with Crippen molar-refractivity contribution in [1.82, 2.24) is 14.5 Å². The van der Waals surface area contributed by atoms with Crippen molar-refractivity contribution in [3.05, 3.63) is 71.3 Å². The molecule has 1 N–H and O–H groups in total. The molecule has 1 saturated heterocycles. The van der Waals surface area contributed by atoms with Gasteiger partial charge in [-0.05, 0) is 42.6 Å². The molecule has 0 aromatic heterocycles. The molecule has 1 amide bonds. The number of nitrogens with one attached hydrogen (secondary N) is 1. The van der Waals surface area contributed by atoms with Crippen molar-refractivity contribution in [2.24, 2.45) is 5.92 Å². The number of likely N-dealkylation sites (N-methyl/N-ethyl adjacent to an activating group) is 1. The zero-order chi connectivity index (χ0) is 22.4. The van der Waals surface area contributed by atoms with Crippen LogP contribution in [0.25, 0.3) is 0 Å². The van der Waals surface area contributed by atoms with E-state index in [-0.39, 0.29) is 17.7 Å². The summed E-state index contributed by atoms with van der Waals surface area (Å²) in [6.45, 7) is 6.82. The molecule has 2 aromatic rings. The highest BCUT2D eigenvalue weighted by Gasteiger charge is 2.26. The number of hydrogen-bond donors (Lipinski definition) is 1. The molecule has 2 aromatic carbocycles. The van der Waals surface area contributed by atoms with E-state index in [1.54, 1.807) is 28.6 Å². The van der Waals surface area contributed by atoms with E-state index in [1.165, 1.54) is 0 Å². The molecule has 1 atom stereocenters. The van der Waals surface area contributed by atoms with Gasteiger partial charge < -0.3 is 10.2 Å². The number of piperazine rings is 1. The van der Waals surface area contributed by atoms with Gasteiger partial charge in [-0.3, -0.25) is 4.79 Å². The second-order valence-electron chi connectivity index (χ2n) is 8.72. The van der Waals surface area contributed by atoms with Crippen molar-refractivity contribution in [1.29, 1.82) is 0 Å². The van der Waals surface area contributed by atoms with Gasteiger partial charge in [0.05, 0.1) is 11.8 Å². The Morgan fingerprint density at radius 1 is 0.968 bits per heavy atom. The quantitative estimate of drug-likeness (QED) is 0.680. The van der Waals surface area contributed by atoms with E-state index in [0.717, 1.165) is 25.1 Å². The first-order valence-electron chi connectivity index (χ1n) is 10.9. The van der Waals surface area contributed by atoms with Gasteiger partial charge in [-0.15, -0.1) is 0 Å². The topological polar surface area (TPSA) is 69.7 Å². The molecule has 1 fully saturated rings. The summed E-state index contributed by atoms with van der Waals surface area (Å²) in [4.78, 5) is 15.0. The van der Waals surface area contributed by atoms with Crippen LogP contribution in [-0.4, -0.2) is 56.8 Å². The van der Waals surface area contributed by atoms with Crippen LogP contribution in [0.2, 0.25) is 0 Å². The third kappa shape index (κ3) is 6.63. The third-order valence-corrected chi connectivity index (χ3v) is 7.49. The first-order valence-corrected chi connectivity index (χ1v) is 12.5. The smallest absolute Gasteiger partial charge is 0.251 e. The average molecular weight is 444 g/mol. The van der Waals surface area contributed by atoms with E-state index in [9.17, 15) is 13.2 Å². The van der Waals surface area contributed by atoms with Crippen molar-refractivity contribution >= 4 is 15.9 Å². The summed E-state index contributed by atoms with van der Waals surface area (Å²) in [7, 11) is -1.36. The standard InChI is InChI=1S/C24H33N3O3S/c1-19(2)17-23(21-7-5-4-6-8-21)25-24(28)22-11-9-20(10-12-22)18-31(29,30)27-15-13-26(3)14-16-27/h4-12,19,23H,13-18H2,1-3H3,(H,25,28)/t23-/m1/s1. The van der Waals surface area contributed by atoms with Crippen molar-refractivity contribution in [3.8, 4) is 0 Å². The molecule has 1 heterocycles. The van der Waals surface area contributed by atoms with Gasteiger partial charge in [0.25, 0.3) is 5.91 Å². The lowest BCUT2D eigenvalue weighted by atomic mass is 9.96. The minimum Gasteiger partial charge on any atom is -0.345 e. The first-order chi connectivity index (χ1) is 14.7. The number of sulfonamides is 1. The van der Waals surface area contributed by atoms with E-state index in [0.29, 0.717) is 30.1 Å². The maximum absolute atomic E-state index is 12.8. The van der Waals surface area contributed by atoms with Crippen molar-refractivity contribution in [3.63, 3.8) is 0 Å². The number of amides is 1. The molecule has 168 valence electrons. The predicted octanol–water partition coefficient (Wildman–Crippen LogP) is 3.28. The lowest BCUT2D eigenvalue weighted by Crippen LogP contribution is -2.47. The summed E-state index contributed by atoms with van der Waals surface area (Å²) >= 11 is 0. The summed E-state index contributed by atoms with van der Waals surface area (Å²) < 4.78 is 27.0.